The summed E-state index contributed by atoms with van der Waals surface area (Å²) < 4.78 is 4.62. The van der Waals surface area contributed by atoms with E-state index in [1.54, 1.807) is 6.07 Å². The number of carbonyl (C=O) groups is 2. The van der Waals surface area contributed by atoms with Crippen LogP contribution in [-0.4, -0.2) is 24.6 Å². The van der Waals surface area contributed by atoms with Crippen molar-refractivity contribution in [1.29, 1.82) is 0 Å². The summed E-state index contributed by atoms with van der Waals surface area (Å²) in [7, 11) is 1.27. The molecule has 1 aromatic rings. The first kappa shape index (κ1) is 16.3. The lowest BCUT2D eigenvalue weighted by molar-refractivity contribution is 0.0601. The van der Waals surface area contributed by atoms with Crippen molar-refractivity contribution in [3.63, 3.8) is 0 Å². The molecule has 0 radical (unpaired) electrons. The van der Waals surface area contributed by atoms with Gasteiger partial charge in [-0.2, -0.15) is 0 Å². The number of ether oxygens (including phenoxy) is 1. The summed E-state index contributed by atoms with van der Waals surface area (Å²) in [6.45, 7) is 5.83. The lowest BCUT2D eigenvalue weighted by Crippen LogP contribution is -2.45. The van der Waals surface area contributed by atoms with Crippen LogP contribution in [-0.2, 0) is 4.74 Å². The van der Waals surface area contributed by atoms with Crippen LogP contribution < -0.4 is 10.6 Å². The van der Waals surface area contributed by atoms with E-state index in [4.69, 9.17) is 11.6 Å². The van der Waals surface area contributed by atoms with Gasteiger partial charge in [-0.15, -0.1) is 0 Å². The summed E-state index contributed by atoms with van der Waals surface area (Å²) in [4.78, 5) is 23.4. The predicted octanol–water partition coefficient (Wildman–Crippen LogP) is 3.44. The Morgan fingerprint density at radius 1 is 1.35 bits per heavy atom. The summed E-state index contributed by atoms with van der Waals surface area (Å²) in [5.41, 5.74) is 0.378. The van der Waals surface area contributed by atoms with Crippen LogP contribution in [0.2, 0.25) is 5.02 Å². The second-order valence-corrected chi connectivity index (χ2v) is 5.41. The number of methoxy groups -OCH3 is 1. The molecule has 0 fully saturated rings. The molecular formula is C14H19ClN2O3. The molecule has 20 heavy (non-hydrogen) atoms. The van der Waals surface area contributed by atoms with Crippen LogP contribution >= 0.6 is 11.6 Å². The van der Waals surface area contributed by atoms with Crippen LogP contribution in [0.15, 0.2) is 18.2 Å². The number of carbonyl (C=O) groups excluding carboxylic acids is 2. The summed E-state index contributed by atoms with van der Waals surface area (Å²) in [5.74, 6) is -0.548. The Kier molecular flexibility index (Phi) is 5.39. The van der Waals surface area contributed by atoms with E-state index < -0.39 is 5.97 Å². The van der Waals surface area contributed by atoms with E-state index in [0.717, 1.165) is 6.42 Å². The number of hydrogen-bond donors (Lipinski definition) is 2. The predicted molar refractivity (Wildman–Crippen MR) is 79.3 cm³/mol. The molecule has 110 valence electrons. The van der Waals surface area contributed by atoms with Crippen molar-refractivity contribution in [3.05, 3.63) is 28.8 Å². The van der Waals surface area contributed by atoms with Gasteiger partial charge in [0.2, 0.25) is 0 Å². The molecule has 0 aliphatic carbocycles. The SMILES string of the molecule is CCC(C)(C)NC(=O)Nc1ccc(Cl)c(C(=O)OC)c1. The molecule has 0 spiro atoms. The minimum atomic E-state index is -0.548. The van der Waals surface area contributed by atoms with Crippen molar-refractivity contribution < 1.29 is 14.3 Å². The average molecular weight is 299 g/mol. The fourth-order valence-corrected chi connectivity index (χ4v) is 1.62. The van der Waals surface area contributed by atoms with Gasteiger partial charge in [-0.05, 0) is 38.5 Å². The van der Waals surface area contributed by atoms with Crippen LogP contribution in [0.4, 0.5) is 10.5 Å². The van der Waals surface area contributed by atoms with Gasteiger partial charge < -0.3 is 15.4 Å². The Morgan fingerprint density at radius 3 is 2.55 bits per heavy atom. The number of benzene rings is 1. The molecule has 0 atom stereocenters. The highest BCUT2D eigenvalue weighted by Crippen LogP contribution is 2.21. The molecule has 0 aromatic heterocycles. The quantitative estimate of drug-likeness (QED) is 0.837. The molecule has 6 heteroatoms. The van der Waals surface area contributed by atoms with Crippen molar-refractivity contribution >= 4 is 29.3 Å². The van der Waals surface area contributed by atoms with Crippen molar-refractivity contribution in [1.82, 2.24) is 5.32 Å². The van der Waals surface area contributed by atoms with Crippen molar-refractivity contribution in [2.24, 2.45) is 0 Å². The Balaban J connectivity index is 2.84. The highest BCUT2D eigenvalue weighted by atomic mass is 35.5. The maximum Gasteiger partial charge on any atom is 0.339 e. The second-order valence-electron chi connectivity index (χ2n) is 5.00. The van der Waals surface area contributed by atoms with Gasteiger partial charge in [-0.1, -0.05) is 18.5 Å². The van der Waals surface area contributed by atoms with E-state index in [1.165, 1.54) is 19.2 Å². The number of amides is 2. The molecule has 0 heterocycles. The molecule has 1 rings (SSSR count). The van der Waals surface area contributed by atoms with Gasteiger partial charge in [0.25, 0.3) is 0 Å². The molecule has 0 bridgehead atoms. The fourth-order valence-electron chi connectivity index (χ4n) is 1.43. The summed E-state index contributed by atoms with van der Waals surface area (Å²) >= 11 is 5.91. The van der Waals surface area contributed by atoms with Gasteiger partial charge in [0, 0.05) is 11.2 Å². The third kappa shape index (κ3) is 4.42. The average Bonchev–Trinajstić information content (AvgIpc) is 2.39. The third-order valence-electron chi connectivity index (χ3n) is 2.97. The minimum Gasteiger partial charge on any atom is -0.465 e. The van der Waals surface area contributed by atoms with Gasteiger partial charge in [0.1, 0.15) is 0 Å². The lowest BCUT2D eigenvalue weighted by atomic mass is 10.0. The van der Waals surface area contributed by atoms with E-state index in [0.29, 0.717) is 5.69 Å². The van der Waals surface area contributed by atoms with Crippen molar-refractivity contribution in [3.8, 4) is 0 Å². The largest absolute Gasteiger partial charge is 0.465 e. The Labute approximate surface area is 123 Å². The van der Waals surface area contributed by atoms with Crippen molar-refractivity contribution in [2.45, 2.75) is 32.7 Å². The highest BCUT2D eigenvalue weighted by molar-refractivity contribution is 6.33. The number of nitrogens with one attached hydrogen (secondary N) is 2. The van der Waals surface area contributed by atoms with Gasteiger partial charge in [-0.3, -0.25) is 0 Å². The maximum absolute atomic E-state index is 11.9. The smallest absolute Gasteiger partial charge is 0.339 e. The monoisotopic (exact) mass is 298 g/mol. The van der Waals surface area contributed by atoms with Gasteiger partial charge in [0.15, 0.2) is 0 Å². The second kappa shape index (κ2) is 6.61. The van der Waals surface area contributed by atoms with Crippen molar-refractivity contribution in [2.75, 3.05) is 12.4 Å². The molecule has 0 unspecified atom stereocenters. The first-order valence-corrected chi connectivity index (χ1v) is 6.64. The maximum atomic E-state index is 11.9. The van der Waals surface area contributed by atoms with Crippen LogP contribution in [0.5, 0.6) is 0 Å². The minimum absolute atomic E-state index is 0.210. The molecule has 0 saturated heterocycles. The summed E-state index contributed by atoms with van der Waals surface area (Å²) in [6.07, 6.45) is 0.800. The first-order valence-electron chi connectivity index (χ1n) is 6.26. The molecule has 5 nitrogen and oxygen atoms in total. The topological polar surface area (TPSA) is 67.4 Å². The van der Waals surface area contributed by atoms with E-state index >= 15 is 0 Å². The number of anilines is 1. The van der Waals surface area contributed by atoms with Gasteiger partial charge in [-0.25, -0.2) is 9.59 Å². The number of hydrogen-bond acceptors (Lipinski definition) is 3. The molecular weight excluding hydrogens is 280 g/mol. The van der Waals surface area contributed by atoms with Gasteiger partial charge in [0.05, 0.1) is 17.7 Å². The number of esters is 1. The van der Waals surface area contributed by atoms with Gasteiger partial charge >= 0.3 is 12.0 Å². The number of halogens is 1. The van der Waals surface area contributed by atoms with Crippen LogP contribution in [0, 0.1) is 0 Å². The molecule has 0 aliphatic heterocycles. The lowest BCUT2D eigenvalue weighted by Gasteiger charge is -2.24. The highest BCUT2D eigenvalue weighted by Gasteiger charge is 2.18. The Hall–Kier alpha value is -1.75. The third-order valence-corrected chi connectivity index (χ3v) is 3.29. The van der Waals surface area contributed by atoms with Crippen LogP contribution in [0.3, 0.4) is 0 Å². The molecule has 1 aromatic carbocycles. The zero-order chi connectivity index (χ0) is 15.3. The molecule has 0 saturated carbocycles. The van der Waals surface area contributed by atoms with E-state index in [9.17, 15) is 9.59 Å². The summed E-state index contributed by atoms with van der Waals surface area (Å²) in [5, 5.41) is 5.77. The number of rotatable bonds is 4. The molecule has 2 amide bonds. The Morgan fingerprint density at radius 2 is 2.00 bits per heavy atom. The summed E-state index contributed by atoms with van der Waals surface area (Å²) in [6, 6.07) is 4.30. The zero-order valence-corrected chi connectivity index (χ0v) is 12.8. The van der Waals surface area contributed by atoms with E-state index in [-0.39, 0.29) is 22.2 Å². The van der Waals surface area contributed by atoms with E-state index in [1.807, 2.05) is 20.8 Å². The zero-order valence-electron chi connectivity index (χ0n) is 12.0. The first-order chi connectivity index (χ1) is 9.29. The van der Waals surface area contributed by atoms with Crippen LogP contribution in [0.1, 0.15) is 37.6 Å². The Bertz CT molecular complexity index is 515. The normalized spacial score (nSPS) is 10.8. The fraction of sp³-hybridized carbons (Fsp3) is 0.429. The molecule has 2 N–H and O–H groups in total. The van der Waals surface area contributed by atoms with E-state index in [2.05, 4.69) is 15.4 Å². The van der Waals surface area contributed by atoms with Crippen LogP contribution in [0.25, 0.3) is 0 Å². The molecule has 0 aliphatic rings. The standard InChI is InChI=1S/C14H19ClN2O3/c1-5-14(2,3)17-13(19)16-9-6-7-11(15)10(8-9)12(18)20-4/h6-8H,5H2,1-4H3,(H2,16,17,19). The number of urea groups is 1.